The van der Waals surface area contributed by atoms with E-state index in [1.165, 1.54) is 0 Å². The summed E-state index contributed by atoms with van der Waals surface area (Å²) >= 11 is 0. The molecule has 0 aliphatic heterocycles. The lowest BCUT2D eigenvalue weighted by Gasteiger charge is -2.17. The molecule has 0 unspecified atom stereocenters. The van der Waals surface area contributed by atoms with Crippen LogP contribution >= 0.6 is 0 Å². The molecular weight excluding hydrogens is 214 g/mol. The van der Waals surface area contributed by atoms with Gasteiger partial charge in [0.1, 0.15) is 0 Å². The van der Waals surface area contributed by atoms with Crippen LogP contribution < -0.4 is 0 Å². The molecule has 0 heterocycles. The minimum Gasteiger partial charge on any atom is -0.400 e. The van der Waals surface area contributed by atoms with Gasteiger partial charge in [0, 0.05) is 33.4 Å². The predicted octanol–water partition coefficient (Wildman–Crippen LogP) is -1.74. The van der Waals surface area contributed by atoms with Crippen LogP contribution in [0.2, 0.25) is 0 Å². The first-order valence-electron chi connectivity index (χ1n) is 5.37. The topological polar surface area (TPSA) is 104 Å². The molecule has 0 saturated heterocycles. The highest BCUT2D eigenvalue weighted by atomic mass is 16.3. The SMILES string of the molecule is CCCO.CO.OCCN(CCO)CCO. The Morgan fingerprint density at radius 3 is 1.06 bits per heavy atom. The summed E-state index contributed by atoms with van der Waals surface area (Å²) in [5, 5.41) is 40.3. The van der Waals surface area contributed by atoms with Crippen molar-refractivity contribution in [3.8, 4) is 0 Å². The van der Waals surface area contributed by atoms with Crippen molar-refractivity contribution >= 4 is 0 Å². The van der Waals surface area contributed by atoms with E-state index in [0.717, 1.165) is 13.5 Å². The fourth-order valence-electron chi connectivity index (χ4n) is 0.760. The largest absolute Gasteiger partial charge is 0.400 e. The van der Waals surface area contributed by atoms with Crippen molar-refractivity contribution in [3.05, 3.63) is 0 Å². The van der Waals surface area contributed by atoms with Crippen molar-refractivity contribution in [2.75, 3.05) is 53.2 Å². The molecule has 0 aliphatic rings. The molecule has 0 rings (SSSR count). The second-order valence-electron chi connectivity index (χ2n) is 2.74. The van der Waals surface area contributed by atoms with Crippen LogP contribution in [-0.4, -0.2) is 83.6 Å². The summed E-state index contributed by atoms with van der Waals surface area (Å²) in [6.45, 7) is 4.00. The number of aliphatic hydroxyl groups excluding tert-OH is 5. The van der Waals surface area contributed by atoms with Gasteiger partial charge in [-0.2, -0.15) is 0 Å². The van der Waals surface area contributed by atoms with E-state index in [9.17, 15) is 0 Å². The molecule has 16 heavy (non-hydrogen) atoms. The monoisotopic (exact) mass is 241 g/mol. The van der Waals surface area contributed by atoms with Crippen LogP contribution in [0.5, 0.6) is 0 Å². The van der Waals surface area contributed by atoms with Gasteiger partial charge in [-0.25, -0.2) is 0 Å². The van der Waals surface area contributed by atoms with Crippen molar-refractivity contribution in [1.29, 1.82) is 0 Å². The molecule has 102 valence electrons. The predicted molar refractivity (Wildman–Crippen MR) is 63.2 cm³/mol. The van der Waals surface area contributed by atoms with Gasteiger partial charge < -0.3 is 25.5 Å². The van der Waals surface area contributed by atoms with E-state index < -0.39 is 0 Å². The second-order valence-corrected chi connectivity index (χ2v) is 2.74. The number of hydrogen-bond acceptors (Lipinski definition) is 6. The average molecular weight is 241 g/mol. The Balaban J connectivity index is -0.000000237. The normalized spacial score (nSPS) is 9.00. The Morgan fingerprint density at radius 2 is 0.938 bits per heavy atom. The zero-order chi connectivity index (χ0) is 13.2. The zero-order valence-corrected chi connectivity index (χ0v) is 10.3. The van der Waals surface area contributed by atoms with Crippen LogP contribution in [0.3, 0.4) is 0 Å². The van der Waals surface area contributed by atoms with E-state index in [0.29, 0.717) is 26.2 Å². The van der Waals surface area contributed by atoms with E-state index in [1.54, 1.807) is 4.90 Å². The summed E-state index contributed by atoms with van der Waals surface area (Å²) in [7, 11) is 1.00. The van der Waals surface area contributed by atoms with Gasteiger partial charge in [0.05, 0.1) is 19.8 Å². The molecule has 6 nitrogen and oxygen atoms in total. The minimum atomic E-state index is 0.0694. The Labute approximate surface area is 97.8 Å². The van der Waals surface area contributed by atoms with Gasteiger partial charge in [0.2, 0.25) is 0 Å². The fraction of sp³-hybridized carbons (Fsp3) is 1.00. The average Bonchev–Trinajstić information content (AvgIpc) is 2.33. The number of rotatable bonds is 7. The third kappa shape index (κ3) is 23.5. The molecule has 0 bridgehead atoms. The molecule has 0 aromatic carbocycles. The van der Waals surface area contributed by atoms with Crippen LogP contribution in [0, 0.1) is 0 Å². The second kappa shape index (κ2) is 24.1. The number of aliphatic hydroxyl groups is 5. The summed E-state index contributed by atoms with van der Waals surface area (Å²) in [5.74, 6) is 0. The van der Waals surface area contributed by atoms with Gasteiger partial charge in [-0.05, 0) is 6.42 Å². The third-order valence-corrected chi connectivity index (χ3v) is 1.47. The molecule has 0 spiro atoms. The number of hydrogen-bond donors (Lipinski definition) is 5. The molecule has 0 atom stereocenters. The molecule has 0 fully saturated rings. The third-order valence-electron chi connectivity index (χ3n) is 1.47. The van der Waals surface area contributed by atoms with Crippen LogP contribution in [0.1, 0.15) is 13.3 Å². The van der Waals surface area contributed by atoms with E-state index in [4.69, 9.17) is 25.5 Å². The highest BCUT2D eigenvalue weighted by Crippen LogP contribution is 1.84. The van der Waals surface area contributed by atoms with Gasteiger partial charge >= 0.3 is 0 Å². The fourth-order valence-corrected chi connectivity index (χ4v) is 0.760. The van der Waals surface area contributed by atoms with E-state index in [-0.39, 0.29) is 19.8 Å². The van der Waals surface area contributed by atoms with Gasteiger partial charge in [0.25, 0.3) is 0 Å². The molecule has 5 N–H and O–H groups in total. The van der Waals surface area contributed by atoms with E-state index in [2.05, 4.69) is 0 Å². The Kier molecular flexibility index (Phi) is 31.8. The highest BCUT2D eigenvalue weighted by Gasteiger charge is 2.00. The van der Waals surface area contributed by atoms with Crippen molar-refractivity contribution in [3.63, 3.8) is 0 Å². The van der Waals surface area contributed by atoms with Crippen LogP contribution in [0.25, 0.3) is 0 Å². The maximum atomic E-state index is 8.48. The minimum absolute atomic E-state index is 0.0694. The molecule has 0 aromatic rings. The quantitative estimate of drug-likeness (QED) is 0.362. The zero-order valence-electron chi connectivity index (χ0n) is 10.3. The molecule has 0 amide bonds. The van der Waals surface area contributed by atoms with Gasteiger partial charge in [0.15, 0.2) is 0 Å². The van der Waals surface area contributed by atoms with Crippen molar-refractivity contribution in [1.82, 2.24) is 4.90 Å². The van der Waals surface area contributed by atoms with E-state index >= 15 is 0 Å². The molecule has 0 radical (unpaired) electrons. The summed E-state index contributed by atoms with van der Waals surface area (Å²) in [4.78, 5) is 1.79. The standard InChI is InChI=1S/C6H15NO3.C3H8O.CH4O/c8-4-1-7(2-5-9)3-6-10;1-2-3-4;1-2/h8-10H,1-6H2;4H,2-3H2,1H3;2H,1H3. The Morgan fingerprint density at radius 1 is 0.688 bits per heavy atom. The van der Waals surface area contributed by atoms with Crippen LogP contribution in [0.15, 0.2) is 0 Å². The summed E-state index contributed by atoms with van der Waals surface area (Å²) in [5.41, 5.74) is 0. The number of nitrogens with zero attached hydrogens (tertiary/aromatic N) is 1. The summed E-state index contributed by atoms with van der Waals surface area (Å²) < 4.78 is 0. The van der Waals surface area contributed by atoms with Gasteiger partial charge in [-0.1, -0.05) is 6.92 Å². The first-order valence-corrected chi connectivity index (χ1v) is 5.37. The maximum absolute atomic E-state index is 8.48. The van der Waals surface area contributed by atoms with Gasteiger partial charge in [-0.3, -0.25) is 4.90 Å². The Hall–Kier alpha value is -0.240. The molecule has 0 aliphatic carbocycles. The van der Waals surface area contributed by atoms with Gasteiger partial charge in [-0.15, -0.1) is 0 Å². The lowest BCUT2D eigenvalue weighted by Crippen LogP contribution is -2.32. The summed E-state index contributed by atoms with van der Waals surface area (Å²) in [6.07, 6.45) is 0.875. The van der Waals surface area contributed by atoms with Crippen LogP contribution in [-0.2, 0) is 0 Å². The highest BCUT2D eigenvalue weighted by molar-refractivity contribution is 4.54. The molecular formula is C10H27NO5. The first-order chi connectivity index (χ1) is 7.76. The lowest BCUT2D eigenvalue weighted by molar-refractivity contribution is 0.136. The lowest BCUT2D eigenvalue weighted by atomic mass is 10.4. The molecule has 0 saturated carbocycles. The van der Waals surface area contributed by atoms with Crippen LogP contribution in [0.4, 0.5) is 0 Å². The maximum Gasteiger partial charge on any atom is 0.0558 e. The van der Waals surface area contributed by atoms with E-state index in [1.807, 2.05) is 6.92 Å². The Bertz CT molecular complexity index is 79.0. The summed E-state index contributed by atoms with van der Waals surface area (Å²) in [6, 6.07) is 0. The van der Waals surface area contributed by atoms with Crippen molar-refractivity contribution in [2.45, 2.75) is 13.3 Å². The van der Waals surface area contributed by atoms with Crippen molar-refractivity contribution < 1.29 is 25.5 Å². The first kappa shape index (κ1) is 21.1. The molecule has 6 heteroatoms. The molecule has 0 aromatic heterocycles. The smallest absolute Gasteiger partial charge is 0.0558 e. The van der Waals surface area contributed by atoms with Crippen molar-refractivity contribution in [2.24, 2.45) is 0 Å².